The molecule has 3 aromatic heterocycles. The molecule has 0 saturated heterocycles. The van der Waals surface area contributed by atoms with Gasteiger partial charge in [0.05, 0.1) is 17.2 Å². The average Bonchev–Trinajstić information content (AvgIpc) is 2.90. The molecule has 0 N–H and O–H groups in total. The van der Waals surface area contributed by atoms with Crippen LogP contribution in [0.4, 0.5) is 0 Å². The van der Waals surface area contributed by atoms with Gasteiger partial charge >= 0.3 is 0 Å². The Morgan fingerprint density at radius 2 is 1.50 bits per heavy atom. The summed E-state index contributed by atoms with van der Waals surface area (Å²) in [7, 11) is 0. The summed E-state index contributed by atoms with van der Waals surface area (Å²) in [6.45, 7) is 0. The second-order valence-electron chi connectivity index (χ2n) is 3.39. The Morgan fingerprint density at radius 1 is 0.833 bits per heavy atom. The van der Waals surface area contributed by atoms with Crippen LogP contribution in [0.15, 0.2) is 48.8 Å². The molecular weight excluding hydrogens is 406 g/mol. The summed E-state index contributed by atoms with van der Waals surface area (Å²) in [4.78, 5) is 12.6. The third-order valence-corrected chi connectivity index (χ3v) is 2.24. The summed E-state index contributed by atoms with van der Waals surface area (Å²) in [5, 5.41) is 8.00. The average molecular weight is 414 g/mol. The van der Waals surface area contributed by atoms with E-state index in [-0.39, 0.29) is 20.1 Å². The van der Waals surface area contributed by atoms with Gasteiger partial charge in [0.1, 0.15) is 0 Å². The third-order valence-electron chi connectivity index (χ3n) is 2.24. The number of rotatable bonds is 2. The van der Waals surface area contributed by atoms with Crippen molar-refractivity contribution in [3.63, 3.8) is 0 Å². The smallest absolute Gasteiger partial charge is 0.0847 e. The van der Waals surface area contributed by atoms with E-state index in [0.29, 0.717) is 23.0 Å². The minimum Gasteiger partial charge on any atom is -0.415 e. The van der Waals surface area contributed by atoms with Crippen LogP contribution in [0, 0.1) is 0 Å². The molecule has 0 fully saturated rings. The first-order valence-corrected chi connectivity index (χ1v) is 5.14. The van der Waals surface area contributed by atoms with Crippen LogP contribution >= 0.6 is 0 Å². The molecule has 1 radical (unpaired) electrons. The van der Waals surface area contributed by atoms with Gasteiger partial charge in [-0.1, -0.05) is 12.1 Å². The van der Waals surface area contributed by atoms with E-state index in [1.807, 2.05) is 36.4 Å². The Labute approximate surface area is 117 Å². The van der Waals surface area contributed by atoms with Gasteiger partial charge in [-0.15, -0.1) is 0 Å². The maximum Gasteiger partial charge on any atom is 0.0847 e. The van der Waals surface area contributed by atoms with Gasteiger partial charge in [-0.3, -0.25) is 15.1 Å². The van der Waals surface area contributed by atoms with Gasteiger partial charge in [0.25, 0.3) is 0 Å². The largest absolute Gasteiger partial charge is 0.415 e. The standard InChI is InChI=1S/C12H8N5.Ir/c1-3-7-13-9(5-1)11-15-12(17-16-11)10-6-2-4-8-14-10;/h1-8H;/q-1;. The summed E-state index contributed by atoms with van der Waals surface area (Å²) in [6.07, 6.45) is 3.40. The van der Waals surface area contributed by atoms with Crippen LogP contribution in [0.3, 0.4) is 0 Å². The van der Waals surface area contributed by atoms with Crippen LogP contribution < -0.4 is 5.10 Å². The monoisotopic (exact) mass is 415 g/mol. The second kappa shape index (κ2) is 5.62. The molecule has 0 aliphatic rings. The summed E-state index contributed by atoms with van der Waals surface area (Å²) in [6, 6.07) is 11.2. The molecule has 6 heteroatoms. The van der Waals surface area contributed by atoms with Crippen LogP contribution in [0.2, 0.25) is 0 Å². The molecular formula is C12H8IrN5-. The molecule has 0 aliphatic heterocycles. The Balaban J connectivity index is 0.00000120. The quantitative estimate of drug-likeness (QED) is 0.637. The zero-order valence-corrected chi connectivity index (χ0v) is 11.6. The van der Waals surface area contributed by atoms with E-state index in [2.05, 4.69) is 25.1 Å². The van der Waals surface area contributed by atoms with Gasteiger partial charge in [0, 0.05) is 32.5 Å². The second-order valence-corrected chi connectivity index (χ2v) is 3.39. The molecule has 3 rings (SSSR count). The molecule has 0 saturated carbocycles. The molecule has 0 amide bonds. The van der Waals surface area contributed by atoms with Crippen LogP contribution in [-0.2, 0) is 20.1 Å². The molecule has 91 valence electrons. The normalized spacial score (nSPS) is 9.78. The number of hydrogen-bond acceptors (Lipinski definition) is 4. The van der Waals surface area contributed by atoms with E-state index in [1.165, 1.54) is 0 Å². The fourth-order valence-electron chi connectivity index (χ4n) is 1.45. The Morgan fingerprint density at radius 3 is 2.11 bits per heavy atom. The van der Waals surface area contributed by atoms with Crippen molar-refractivity contribution in [1.29, 1.82) is 0 Å². The van der Waals surface area contributed by atoms with Crippen LogP contribution in [0.5, 0.6) is 0 Å². The fraction of sp³-hybridized carbons (Fsp3) is 0. The zero-order valence-electron chi connectivity index (χ0n) is 9.19. The van der Waals surface area contributed by atoms with Gasteiger partial charge in [0.15, 0.2) is 0 Å². The molecule has 0 aliphatic carbocycles. The first-order chi connectivity index (χ1) is 8.43. The van der Waals surface area contributed by atoms with E-state index < -0.39 is 0 Å². The molecule has 5 nitrogen and oxygen atoms in total. The predicted molar refractivity (Wildman–Crippen MR) is 61.8 cm³/mol. The summed E-state index contributed by atoms with van der Waals surface area (Å²) in [5.74, 6) is 1.04. The van der Waals surface area contributed by atoms with Crippen molar-refractivity contribution in [2.75, 3.05) is 0 Å². The van der Waals surface area contributed by atoms with Crippen LogP contribution in [0.1, 0.15) is 0 Å². The van der Waals surface area contributed by atoms with Crippen molar-refractivity contribution in [1.82, 2.24) is 25.1 Å². The number of hydrogen-bond donors (Lipinski definition) is 0. The minimum atomic E-state index is 0. The van der Waals surface area contributed by atoms with E-state index in [1.54, 1.807) is 12.4 Å². The Kier molecular flexibility index (Phi) is 3.92. The summed E-state index contributed by atoms with van der Waals surface area (Å²) in [5.41, 5.74) is 1.42. The topological polar surface area (TPSA) is 65.7 Å². The summed E-state index contributed by atoms with van der Waals surface area (Å²) >= 11 is 0. The zero-order chi connectivity index (χ0) is 11.5. The van der Waals surface area contributed by atoms with Crippen molar-refractivity contribution in [2.45, 2.75) is 0 Å². The molecule has 0 bridgehead atoms. The van der Waals surface area contributed by atoms with Gasteiger partial charge in [-0.2, -0.15) is 0 Å². The number of pyridine rings is 2. The van der Waals surface area contributed by atoms with Crippen LogP contribution in [0.25, 0.3) is 23.0 Å². The molecule has 0 aromatic carbocycles. The predicted octanol–water partition coefficient (Wildman–Crippen LogP) is 1.56. The van der Waals surface area contributed by atoms with E-state index in [9.17, 15) is 0 Å². The molecule has 0 unspecified atom stereocenters. The first kappa shape index (κ1) is 12.5. The van der Waals surface area contributed by atoms with Gasteiger partial charge in [-0.05, 0) is 30.1 Å². The summed E-state index contributed by atoms with van der Waals surface area (Å²) < 4.78 is 0. The Bertz CT molecular complexity index is 555. The van der Waals surface area contributed by atoms with E-state index >= 15 is 0 Å². The van der Waals surface area contributed by atoms with Crippen molar-refractivity contribution in [2.24, 2.45) is 0 Å². The minimum absolute atomic E-state index is 0. The first-order valence-electron chi connectivity index (χ1n) is 5.14. The van der Waals surface area contributed by atoms with E-state index in [0.717, 1.165) is 0 Å². The van der Waals surface area contributed by atoms with Crippen LogP contribution in [-0.4, -0.2) is 20.1 Å². The van der Waals surface area contributed by atoms with Crippen molar-refractivity contribution in [3.8, 4) is 23.0 Å². The van der Waals surface area contributed by atoms with Crippen molar-refractivity contribution < 1.29 is 20.1 Å². The third kappa shape index (κ3) is 2.50. The molecule has 3 aromatic rings. The van der Waals surface area contributed by atoms with E-state index in [4.69, 9.17) is 0 Å². The van der Waals surface area contributed by atoms with Crippen molar-refractivity contribution >= 4 is 0 Å². The molecule has 0 spiro atoms. The molecule has 3 heterocycles. The maximum atomic E-state index is 4.30. The molecule has 0 atom stereocenters. The number of aromatic nitrogens is 5. The van der Waals surface area contributed by atoms with Crippen molar-refractivity contribution in [3.05, 3.63) is 48.8 Å². The maximum absolute atomic E-state index is 4.30. The van der Waals surface area contributed by atoms with Gasteiger partial charge in [0.2, 0.25) is 0 Å². The Hall–Kier alpha value is -1.91. The molecule has 18 heavy (non-hydrogen) atoms. The fourth-order valence-corrected chi connectivity index (χ4v) is 1.45. The van der Waals surface area contributed by atoms with Gasteiger partial charge in [-0.25, -0.2) is 0 Å². The van der Waals surface area contributed by atoms with Gasteiger partial charge < -0.3 is 10.1 Å². The number of nitrogens with zero attached hydrogens (tertiary/aromatic N) is 5. The SMILES string of the molecule is [Ir].c1ccc(-c2n[n-]c(-c3ccccn3)n2)nc1.